The van der Waals surface area contributed by atoms with E-state index in [2.05, 4.69) is 5.32 Å². The van der Waals surface area contributed by atoms with Crippen LogP contribution in [-0.2, 0) is 6.54 Å². The van der Waals surface area contributed by atoms with E-state index in [1.54, 1.807) is 7.11 Å². The van der Waals surface area contributed by atoms with Crippen molar-refractivity contribution in [3.63, 3.8) is 0 Å². The van der Waals surface area contributed by atoms with Crippen molar-refractivity contribution in [3.05, 3.63) is 23.8 Å². The second kappa shape index (κ2) is 7.92. The molecular weight excluding hydrogens is 216 g/mol. The van der Waals surface area contributed by atoms with Gasteiger partial charge in [-0.1, -0.05) is 12.1 Å². The number of methoxy groups -OCH3 is 1. The molecule has 0 heterocycles. The Balaban J connectivity index is 2.66. The van der Waals surface area contributed by atoms with Crippen LogP contribution in [0.5, 0.6) is 11.5 Å². The van der Waals surface area contributed by atoms with Crippen molar-refractivity contribution < 1.29 is 9.47 Å². The fraction of sp³-hybridized carbons (Fsp3) is 0.538. The number of hydrogen-bond acceptors (Lipinski definition) is 4. The predicted molar refractivity (Wildman–Crippen MR) is 69.5 cm³/mol. The normalized spacial score (nSPS) is 10.3. The minimum Gasteiger partial charge on any atom is -0.493 e. The first-order valence-electron chi connectivity index (χ1n) is 6.03. The zero-order valence-electron chi connectivity index (χ0n) is 10.7. The van der Waals surface area contributed by atoms with Gasteiger partial charge in [-0.05, 0) is 32.5 Å². The third-order valence-corrected chi connectivity index (χ3v) is 2.44. The van der Waals surface area contributed by atoms with E-state index in [1.165, 1.54) is 0 Å². The highest BCUT2D eigenvalue weighted by atomic mass is 16.5. The van der Waals surface area contributed by atoms with Gasteiger partial charge in [0.2, 0.25) is 0 Å². The monoisotopic (exact) mass is 238 g/mol. The summed E-state index contributed by atoms with van der Waals surface area (Å²) in [4.78, 5) is 0. The summed E-state index contributed by atoms with van der Waals surface area (Å²) in [6.07, 6.45) is 0.980. The van der Waals surface area contributed by atoms with Gasteiger partial charge in [-0.2, -0.15) is 0 Å². The van der Waals surface area contributed by atoms with Gasteiger partial charge >= 0.3 is 0 Å². The van der Waals surface area contributed by atoms with Gasteiger partial charge < -0.3 is 20.5 Å². The van der Waals surface area contributed by atoms with Gasteiger partial charge in [-0.25, -0.2) is 0 Å². The third kappa shape index (κ3) is 4.24. The van der Waals surface area contributed by atoms with E-state index in [4.69, 9.17) is 15.2 Å². The molecule has 0 aliphatic carbocycles. The van der Waals surface area contributed by atoms with Crippen LogP contribution in [0.1, 0.15) is 18.9 Å². The van der Waals surface area contributed by atoms with Crippen LogP contribution in [0.25, 0.3) is 0 Å². The Hall–Kier alpha value is -1.26. The van der Waals surface area contributed by atoms with Crippen LogP contribution in [-0.4, -0.2) is 26.8 Å². The molecule has 0 spiro atoms. The second-order valence-electron chi connectivity index (χ2n) is 3.70. The van der Waals surface area contributed by atoms with Crippen molar-refractivity contribution in [2.75, 3.05) is 26.8 Å². The molecule has 4 nitrogen and oxygen atoms in total. The van der Waals surface area contributed by atoms with E-state index in [-0.39, 0.29) is 0 Å². The van der Waals surface area contributed by atoms with Crippen molar-refractivity contribution in [3.8, 4) is 11.5 Å². The van der Waals surface area contributed by atoms with Crippen LogP contribution in [0, 0.1) is 0 Å². The topological polar surface area (TPSA) is 56.5 Å². The SMILES string of the molecule is CCOc1cccc(CNCCCN)c1OC. The van der Waals surface area contributed by atoms with Crippen molar-refractivity contribution in [1.82, 2.24) is 5.32 Å². The molecule has 0 unspecified atom stereocenters. The molecule has 0 amide bonds. The molecule has 0 aromatic heterocycles. The first-order chi connectivity index (χ1) is 8.33. The largest absolute Gasteiger partial charge is 0.493 e. The Kier molecular flexibility index (Phi) is 6.43. The Morgan fingerprint density at radius 2 is 2.18 bits per heavy atom. The average Bonchev–Trinajstić information content (AvgIpc) is 2.35. The van der Waals surface area contributed by atoms with Gasteiger partial charge in [0.25, 0.3) is 0 Å². The maximum Gasteiger partial charge on any atom is 0.165 e. The molecule has 0 saturated carbocycles. The zero-order valence-corrected chi connectivity index (χ0v) is 10.7. The highest BCUT2D eigenvalue weighted by molar-refractivity contribution is 5.46. The number of benzene rings is 1. The van der Waals surface area contributed by atoms with E-state index in [0.717, 1.165) is 36.6 Å². The zero-order chi connectivity index (χ0) is 12.5. The maximum absolute atomic E-state index is 5.52. The number of rotatable bonds is 8. The molecule has 4 heteroatoms. The molecule has 1 rings (SSSR count). The van der Waals surface area contributed by atoms with Crippen molar-refractivity contribution in [2.45, 2.75) is 19.9 Å². The first-order valence-corrected chi connectivity index (χ1v) is 6.03. The highest BCUT2D eigenvalue weighted by Crippen LogP contribution is 2.30. The lowest BCUT2D eigenvalue weighted by Crippen LogP contribution is -2.18. The quantitative estimate of drug-likeness (QED) is 0.674. The average molecular weight is 238 g/mol. The van der Waals surface area contributed by atoms with Crippen LogP contribution < -0.4 is 20.5 Å². The Bertz CT molecular complexity index is 329. The van der Waals surface area contributed by atoms with E-state index >= 15 is 0 Å². The molecule has 96 valence electrons. The summed E-state index contributed by atoms with van der Waals surface area (Å²) in [6, 6.07) is 5.94. The third-order valence-electron chi connectivity index (χ3n) is 2.44. The lowest BCUT2D eigenvalue weighted by atomic mass is 10.2. The fourth-order valence-electron chi connectivity index (χ4n) is 1.65. The standard InChI is InChI=1S/C13H22N2O2/c1-3-17-12-7-4-6-11(13(12)16-2)10-15-9-5-8-14/h4,6-7,15H,3,5,8-10,14H2,1-2H3. The Labute approximate surface area is 103 Å². The Morgan fingerprint density at radius 1 is 1.35 bits per heavy atom. The summed E-state index contributed by atoms with van der Waals surface area (Å²) in [5.41, 5.74) is 6.55. The van der Waals surface area contributed by atoms with E-state index < -0.39 is 0 Å². The van der Waals surface area contributed by atoms with E-state index in [9.17, 15) is 0 Å². The van der Waals surface area contributed by atoms with Gasteiger partial charge in [0.1, 0.15) is 0 Å². The molecule has 3 N–H and O–H groups in total. The predicted octanol–water partition coefficient (Wildman–Crippen LogP) is 1.53. The molecule has 0 atom stereocenters. The van der Waals surface area contributed by atoms with Crippen molar-refractivity contribution >= 4 is 0 Å². The van der Waals surface area contributed by atoms with Gasteiger partial charge in [-0.3, -0.25) is 0 Å². The van der Waals surface area contributed by atoms with Gasteiger partial charge in [0.15, 0.2) is 11.5 Å². The van der Waals surface area contributed by atoms with Crippen LogP contribution in [0.2, 0.25) is 0 Å². The molecule has 1 aromatic rings. The minimum absolute atomic E-state index is 0.639. The summed E-state index contributed by atoms with van der Waals surface area (Å²) in [5.74, 6) is 1.61. The molecule has 0 bridgehead atoms. The minimum atomic E-state index is 0.639. The van der Waals surface area contributed by atoms with Crippen molar-refractivity contribution in [1.29, 1.82) is 0 Å². The molecule has 0 radical (unpaired) electrons. The molecule has 0 aliphatic rings. The number of para-hydroxylation sites is 1. The van der Waals surface area contributed by atoms with E-state index in [0.29, 0.717) is 13.2 Å². The van der Waals surface area contributed by atoms with Crippen LogP contribution in [0.4, 0.5) is 0 Å². The molecule has 0 saturated heterocycles. The fourth-order valence-corrected chi connectivity index (χ4v) is 1.65. The van der Waals surface area contributed by atoms with Gasteiger partial charge in [0.05, 0.1) is 13.7 Å². The number of ether oxygens (including phenoxy) is 2. The summed E-state index contributed by atoms with van der Waals surface area (Å²) < 4.78 is 10.9. The van der Waals surface area contributed by atoms with E-state index in [1.807, 2.05) is 25.1 Å². The molecule has 0 fully saturated rings. The van der Waals surface area contributed by atoms with Crippen molar-refractivity contribution in [2.24, 2.45) is 5.73 Å². The number of nitrogens with one attached hydrogen (secondary N) is 1. The smallest absolute Gasteiger partial charge is 0.165 e. The molecular formula is C13H22N2O2. The summed E-state index contributed by atoms with van der Waals surface area (Å²) >= 11 is 0. The lowest BCUT2D eigenvalue weighted by Gasteiger charge is -2.14. The summed E-state index contributed by atoms with van der Waals surface area (Å²) in [7, 11) is 1.67. The van der Waals surface area contributed by atoms with Crippen LogP contribution in [0.15, 0.2) is 18.2 Å². The molecule has 1 aromatic carbocycles. The van der Waals surface area contributed by atoms with Gasteiger partial charge in [-0.15, -0.1) is 0 Å². The summed E-state index contributed by atoms with van der Waals surface area (Å²) in [6.45, 7) is 5.00. The molecule has 0 aliphatic heterocycles. The molecule has 17 heavy (non-hydrogen) atoms. The summed E-state index contributed by atoms with van der Waals surface area (Å²) in [5, 5.41) is 3.33. The number of hydrogen-bond donors (Lipinski definition) is 2. The van der Waals surface area contributed by atoms with Crippen LogP contribution in [0.3, 0.4) is 0 Å². The first kappa shape index (κ1) is 13.8. The van der Waals surface area contributed by atoms with Crippen LogP contribution >= 0.6 is 0 Å². The second-order valence-corrected chi connectivity index (χ2v) is 3.70. The number of nitrogens with two attached hydrogens (primary N) is 1. The highest BCUT2D eigenvalue weighted by Gasteiger charge is 2.08. The Morgan fingerprint density at radius 3 is 2.82 bits per heavy atom. The maximum atomic E-state index is 5.52. The lowest BCUT2D eigenvalue weighted by molar-refractivity contribution is 0.308. The van der Waals surface area contributed by atoms with Gasteiger partial charge in [0, 0.05) is 12.1 Å².